The number of carbonyl (C=O) groups excluding carboxylic acids is 2. The van der Waals surface area contributed by atoms with Crippen molar-refractivity contribution in [1.82, 2.24) is 10.3 Å². The molecule has 31 heavy (non-hydrogen) atoms. The summed E-state index contributed by atoms with van der Waals surface area (Å²) in [6.07, 6.45) is 1.47. The molecule has 2 aromatic carbocycles. The molecule has 0 radical (unpaired) electrons. The number of amides is 2. The van der Waals surface area contributed by atoms with Gasteiger partial charge >= 0.3 is 0 Å². The van der Waals surface area contributed by atoms with Gasteiger partial charge < -0.3 is 4.90 Å². The van der Waals surface area contributed by atoms with Crippen molar-refractivity contribution in [3.63, 3.8) is 0 Å². The van der Waals surface area contributed by atoms with Crippen molar-refractivity contribution in [3.8, 4) is 0 Å². The molecular weight excluding hydrogens is 418 g/mol. The third kappa shape index (κ3) is 4.81. The number of hydrogen-bond acceptors (Lipinski definition) is 7. The molecule has 0 aromatic heterocycles. The molecule has 2 amide bonds. The molecule has 9 nitrogen and oxygen atoms in total. The highest BCUT2D eigenvalue weighted by molar-refractivity contribution is 7.80. The van der Waals surface area contributed by atoms with E-state index in [0.717, 1.165) is 10.7 Å². The molecule has 158 valence electrons. The van der Waals surface area contributed by atoms with Crippen LogP contribution in [0.3, 0.4) is 0 Å². The Morgan fingerprint density at radius 2 is 1.74 bits per heavy atom. The van der Waals surface area contributed by atoms with Gasteiger partial charge in [0.1, 0.15) is 5.57 Å². The largest absolute Gasteiger partial charge is 0.378 e. The number of thiocarbonyl (C=S) groups is 1. The van der Waals surface area contributed by atoms with Crippen LogP contribution in [0.2, 0.25) is 0 Å². The predicted molar refractivity (Wildman–Crippen MR) is 122 cm³/mol. The predicted octanol–water partition coefficient (Wildman–Crippen LogP) is 2.71. The van der Waals surface area contributed by atoms with E-state index in [1.165, 1.54) is 30.3 Å². The molecule has 3 rings (SSSR count). The van der Waals surface area contributed by atoms with E-state index in [1.54, 1.807) is 19.1 Å². The van der Waals surface area contributed by atoms with Crippen LogP contribution >= 0.6 is 12.2 Å². The molecule has 0 spiro atoms. The maximum atomic E-state index is 12.9. The number of nitrogens with zero attached hydrogens (tertiary/aromatic N) is 4. The number of nitrogens with one attached hydrogen (secondary N) is 1. The molecule has 1 saturated heterocycles. The summed E-state index contributed by atoms with van der Waals surface area (Å²) in [7, 11) is 3.82. The van der Waals surface area contributed by atoms with E-state index < -0.39 is 16.7 Å². The molecule has 1 aliphatic heterocycles. The van der Waals surface area contributed by atoms with Gasteiger partial charge in [0.05, 0.1) is 10.6 Å². The minimum Gasteiger partial charge on any atom is -0.378 e. The molecule has 0 atom stereocenters. The highest BCUT2D eigenvalue weighted by atomic mass is 32.1. The van der Waals surface area contributed by atoms with E-state index in [-0.39, 0.29) is 16.4 Å². The molecule has 0 saturated carbocycles. The number of hydrazone groups is 1. The molecule has 0 unspecified atom stereocenters. The summed E-state index contributed by atoms with van der Waals surface area (Å²) in [6.45, 7) is 1.64. The van der Waals surface area contributed by atoms with Gasteiger partial charge in [-0.05, 0) is 60.6 Å². The standard InChI is InChI=1S/C21H19N5O4S/c1-13(15-6-10-17(11-7-15)26(29)30)23-25-20(28)18(19(27)22-21(25)31)12-14-4-8-16(9-5-14)24(2)3/h4-12H,1-3H3,(H,22,27,31)/b18-12+,23-13-. The van der Waals surface area contributed by atoms with Gasteiger partial charge in [0.2, 0.25) is 5.11 Å². The van der Waals surface area contributed by atoms with Gasteiger partial charge in [0, 0.05) is 31.9 Å². The van der Waals surface area contributed by atoms with Crippen molar-refractivity contribution in [2.45, 2.75) is 6.92 Å². The van der Waals surface area contributed by atoms with Crippen LogP contribution in [0.25, 0.3) is 6.08 Å². The highest BCUT2D eigenvalue weighted by Crippen LogP contribution is 2.19. The van der Waals surface area contributed by atoms with E-state index in [4.69, 9.17) is 12.2 Å². The molecule has 1 fully saturated rings. The van der Waals surface area contributed by atoms with Crippen LogP contribution in [0.5, 0.6) is 0 Å². The van der Waals surface area contributed by atoms with Gasteiger partial charge in [0.15, 0.2) is 0 Å². The second kappa shape index (κ2) is 8.84. The zero-order valence-electron chi connectivity index (χ0n) is 17.0. The smallest absolute Gasteiger partial charge is 0.286 e. The van der Waals surface area contributed by atoms with Crippen LogP contribution in [0.1, 0.15) is 18.1 Å². The van der Waals surface area contributed by atoms with E-state index in [2.05, 4.69) is 10.4 Å². The monoisotopic (exact) mass is 437 g/mol. The summed E-state index contributed by atoms with van der Waals surface area (Å²) >= 11 is 5.11. The summed E-state index contributed by atoms with van der Waals surface area (Å²) in [5.41, 5.74) is 2.46. The molecule has 2 aromatic rings. The third-order valence-electron chi connectivity index (χ3n) is 4.55. The van der Waals surface area contributed by atoms with Crippen LogP contribution in [-0.2, 0) is 9.59 Å². The lowest BCUT2D eigenvalue weighted by atomic mass is 10.1. The second-order valence-electron chi connectivity index (χ2n) is 6.91. The molecule has 1 aliphatic rings. The normalized spacial score (nSPS) is 15.8. The Morgan fingerprint density at radius 1 is 1.13 bits per heavy atom. The summed E-state index contributed by atoms with van der Waals surface area (Å²) in [4.78, 5) is 37.5. The highest BCUT2D eigenvalue weighted by Gasteiger charge is 2.33. The SMILES string of the molecule is C/C(=N/N1C(=O)/C(=C/c2ccc(N(C)C)cc2)C(=O)NC1=S)c1ccc([N+](=O)[O-])cc1. The first kappa shape index (κ1) is 21.8. The average molecular weight is 437 g/mol. The number of rotatable bonds is 5. The van der Waals surface area contributed by atoms with Crippen LogP contribution in [0.4, 0.5) is 11.4 Å². The molecule has 1 N–H and O–H groups in total. The van der Waals surface area contributed by atoms with E-state index in [9.17, 15) is 19.7 Å². The van der Waals surface area contributed by atoms with E-state index >= 15 is 0 Å². The second-order valence-corrected chi connectivity index (χ2v) is 7.30. The molecule has 0 bridgehead atoms. The summed E-state index contributed by atoms with van der Waals surface area (Å²) in [6, 6.07) is 13.1. The molecule has 10 heteroatoms. The van der Waals surface area contributed by atoms with E-state index in [0.29, 0.717) is 16.8 Å². The van der Waals surface area contributed by atoms with Gasteiger partial charge in [-0.25, -0.2) is 0 Å². The number of hydrogen-bond donors (Lipinski definition) is 1. The Bertz CT molecular complexity index is 1120. The fourth-order valence-corrected chi connectivity index (χ4v) is 3.02. The fourth-order valence-electron chi connectivity index (χ4n) is 2.81. The summed E-state index contributed by atoms with van der Waals surface area (Å²) in [5.74, 6) is -1.27. The quantitative estimate of drug-likeness (QED) is 0.192. The van der Waals surface area contributed by atoms with Crippen LogP contribution in [0.15, 0.2) is 59.2 Å². The Labute approximate surface area is 183 Å². The Balaban J connectivity index is 1.89. The number of nitro groups is 1. The van der Waals surface area contributed by atoms with Gasteiger partial charge in [-0.2, -0.15) is 10.1 Å². The first-order chi connectivity index (χ1) is 14.7. The van der Waals surface area contributed by atoms with Crippen molar-refractivity contribution in [1.29, 1.82) is 0 Å². The van der Waals surface area contributed by atoms with Crippen molar-refractivity contribution in [2.24, 2.45) is 5.10 Å². The van der Waals surface area contributed by atoms with Crippen molar-refractivity contribution >= 4 is 52.3 Å². The van der Waals surface area contributed by atoms with Gasteiger partial charge in [0.25, 0.3) is 17.5 Å². The first-order valence-corrected chi connectivity index (χ1v) is 9.57. The zero-order valence-corrected chi connectivity index (χ0v) is 17.8. The third-order valence-corrected chi connectivity index (χ3v) is 4.82. The van der Waals surface area contributed by atoms with Crippen LogP contribution in [0, 0.1) is 10.1 Å². The number of non-ortho nitro benzene ring substituents is 1. The maximum absolute atomic E-state index is 12.9. The molecular formula is C21H19N5O4S. The average Bonchev–Trinajstić information content (AvgIpc) is 2.74. The Hall–Kier alpha value is -3.92. The van der Waals surface area contributed by atoms with Crippen LogP contribution < -0.4 is 10.2 Å². The lowest BCUT2D eigenvalue weighted by molar-refractivity contribution is -0.384. The number of nitro benzene ring substituents is 1. The van der Waals surface area contributed by atoms with Gasteiger partial charge in [-0.15, -0.1) is 0 Å². The minimum absolute atomic E-state index is 0.0566. The van der Waals surface area contributed by atoms with Crippen LogP contribution in [-0.4, -0.2) is 46.7 Å². The van der Waals surface area contributed by atoms with Crippen molar-refractivity contribution in [3.05, 3.63) is 75.3 Å². The minimum atomic E-state index is -0.660. The Morgan fingerprint density at radius 3 is 2.29 bits per heavy atom. The van der Waals surface area contributed by atoms with Gasteiger partial charge in [-0.3, -0.25) is 25.0 Å². The zero-order chi connectivity index (χ0) is 22.7. The molecule has 0 aliphatic carbocycles. The lowest BCUT2D eigenvalue weighted by Gasteiger charge is -2.25. The first-order valence-electron chi connectivity index (χ1n) is 9.16. The van der Waals surface area contributed by atoms with Crippen molar-refractivity contribution in [2.75, 3.05) is 19.0 Å². The fraction of sp³-hybridized carbons (Fsp3) is 0.143. The topological polar surface area (TPSA) is 108 Å². The lowest BCUT2D eigenvalue weighted by Crippen LogP contribution is -2.51. The molecule has 1 heterocycles. The number of benzene rings is 2. The van der Waals surface area contributed by atoms with E-state index in [1.807, 2.05) is 31.1 Å². The summed E-state index contributed by atoms with van der Waals surface area (Å²) < 4.78 is 0. The van der Waals surface area contributed by atoms with Gasteiger partial charge in [-0.1, -0.05) is 12.1 Å². The maximum Gasteiger partial charge on any atom is 0.286 e. The summed E-state index contributed by atoms with van der Waals surface area (Å²) in [5, 5.41) is 18.3. The van der Waals surface area contributed by atoms with Crippen molar-refractivity contribution < 1.29 is 14.5 Å². The number of carbonyl (C=O) groups is 2. The Kier molecular flexibility index (Phi) is 6.21. The number of anilines is 1.